The fourth-order valence-corrected chi connectivity index (χ4v) is 2.46. The van der Waals surface area contributed by atoms with Crippen molar-refractivity contribution in [3.63, 3.8) is 0 Å². The van der Waals surface area contributed by atoms with Crippen LogP contribution >= 0.6 is 15.9 Å². The van der Waals surface area contributed by atoms with Crippen LogP contribution in [0.5, 0.6) is 0 Å². The average Bonchev–Trinajstić information content (AvgIpc) is 2.27. The SMILES string of the molecule is CC(C)c1c(C(=O)O)c(=O)[nH]c2ccc(Br)cc12. The highest BCUT2D eigenvalue weighted by molar-refractivity contribution is 9.10. The molecule has 0 spiro atoms. The highest BCUT2D eigenvalue weighted by atomic mass is 79.9. The van der Waals surface area contributed by atoms with Crippen molar-refractivity contribution in [3.05, 3.63) is 44.2 Å². The van der Waals surface area contributed by atoms with E-state index in [0.717, 1.165) is 9.86 Å². The molecule has 0 saturated carbocycles. The molecule has 0 bridgehead atoms. The van der Waals surface area contributed by atoms with Crippen molar-refractivity contribution >= 4 is 32.8 Å². The third kappa shape index (κ3) is 2.06. The first-order valence-electron chi connectivity index (χ1n) is 5.50. The zero-order valence-corrected chi connectivity index (χ0v) is 11.5. The Morgan fingerprint density at radius 3 is 2.61 bits per heavy atom. The number of H-pyrrole nitrogens is 1. The number of carboxylic acids is 1. The number of rotatable bonds is 2. The molecule has 2 N–H and O–H groups in total. The summed E-state index contributed by atoms with van der Waals surface area (Å²) in [4.78, 5) is 25.7. The second-order valence-electron chi connectivity index (χ2n) is 4.39. The number of aromatic amines is 1. The Hall–Kier alpha value is -1.62. The fraction of sp³-hybridized carbons (Fsp3) is 0.231. The number of benzene rings is 1. The van der Waals surface area contributed by atoms with Crippen LogP contribution in [-0.4, -0.2) is 16.1 Å². The third-order valence-corrected chi connectivity index (χ3v) is 3.30. The van der Waals surface area contributed by atoms with Crippen molar-refractivity contribution in [2.24, 2.45) is 0 Å². The molecule has 1 heterocycles. The number of aromatic nitrogens is 1. The quantitative estimate of drug-likeness (QED) is 0.895. The standard InChI is InChI=1S/C13H12BrNO3/c1-6(2)10-8-5-7(14)3-4-9(8)15-12(16)11(10)13(17)18/h3-6H,1-2H3,(H,15,16)(H,17,18). The summed E-state index contributed by atoms with van der Waals surface area (Å²) < 4.78 is 0.847. The number of aromatic carboxylic acids is 1. The van der Waals surface area contributed by atoms with E-state index in [1.807, 2.05) is 26.0 Å². The number of hydrogen-bond donors (Lipinski definition) is 2. The van der Waals surface area contributed by atoms with Crippen LogP contribution in [0.1, 0.15) is 35.7 Å². The zero-order chi connectivity index (χ0) is 13.4. The van der Waals surface area contributed by atoms with Crippen molar-refractivity contribution < 1.29 is 9.90 Å². The zero-order valence-electron chi connectivity index (χ0n) is 9.95. The Morgan fingerprint density at radius 1 is 1.39 bits per heavy atom. The minimum Gasteiger partial charge on any atom is -0.477 e. The number of pyridine rings is 1. The van der Waals surface area contributed by atoms with Gasteiger partial charge in [-0.1, -0.05) is 29.8 Å². The molecule has 2 rings (SSSR count). The topological polar surface area (TPSA) is 70.2 Å². The molecule has 2 aromatic rings. The minimum atomic E-state index is -1.19. The van der Waals surface area contributed by atoms with Gasteiger partial charge in [-0.05, 0) is 29.7 Å². The Bertz CT molecular complexity index is 688. The normalized spacial score (nSPS) is 11.1. The van der Waals surface area contributed by atoms with Gasteiger partial charge < -0.3 is 10.1 Å². The van der Waals surface area contributed by atoms with Crippen molar-refractivity contribution in [1.82, 2.24) is 4.98 Å². The Kier molecular flexibility index (Phi) is 3.26. The number of carbonyl (C=O) groups is 1. The summed E-state index contributed by atoms with van der Waals surface area (Å²) in [7, 11) is 0. The summed E-state index contributed by atoms with van der Waals surface area (Å²) in [5.41, 5.74) is 0.496. The molecule has 4 nitrogen and oxygen atoms in total. The lowest BCUT2D eigenvalue weighted by molar-refractivity contribution is 0.0693. The van der Waals surface area contributed by atoms with Crippen LogP contribution in [0.15, 0.2) is 27.5 Å². The first kappa shape index (κ1) is 12.8. The van der Waals surface area contributed by atoms with Crippen molar-refractivity contribution in [1.29, 1.82) is 0 Å². The molecule has 18 heavy (non-hydrogen) atoms. The van der Waals surface area contributed by atoms with Gasteiger partial charge >= 0.3 is 5.97 Å². The van der Waals surface area contributed by atoms with E-state index >= 15 is 0 Å². The molecule has 5 heteroatoms. The lowest BCUT2D eigenvalue weighted by Crippen LogP contribution is -2.21. The number of halogens is 1. The molecule has 0 saturated heterocycles. The molecule has 0 aliphatic heterocycles. The highest BCUT2D eigenvalue weighted by Crippen LogP contribution is 2.28. The van der Waals surface area contributed by atoms with Gasteiger partial charge in [0.15, 0.2) is 0 Å². The van der Waals surface area contributed by atoms with Crippen molar-refractivity contribution in [2.45, 2.75) is 19.8 Å². The first-order valence-corrected chi connectivity index (χ1v) is 6.30. The van der Waals surface area contributed by atoms with Crippen molar-refractivity contribution in [2.75, 3.05) is 0 Å². The van der Waals surface area contributed by atoms with Crippen LogP contribution in [-0.2, 0) is 0 Å². The summed E-state index contributed by atoms with van der Waals surface area (Å²) in [6.07, 6.45) is 0. The van der Waals surface area contributed by atoms with Gasteiger partial charge in [-0.25, -0.2) is 4.79 Å². The smallest absolute Gasteiger partial charge is 0.341 e. The van der Waals surface area contributed by atoms with E-state index in [1.165, 1.54) is 0 Å². The van der Waals surface area contributed by atoms with Gasteiger partial charge in [-0.15, -0.1) is 0 Å². The van der Waals surface area contributed by atoms with E-state index < -0.39 is 11.5 Å². The Balaban J connectivity index is 3.01. The van der Waals surface area contributed by atoms with Gasteiger partial charge in [-0.3, -0.25) is 4.79 Å². The monoisotopic (exact) mass is 309 g/mol. The minimum absolute atomic E-state index is 0.0461. The van der Waals surface area contributed by atoms with Gasteiger partial charge in [-0.2, -0.15) is 0 Å². The van der Waals surface area contributed by atoms with Crippen molar-refractivity contribution in [3.8, 4) is 0 Å². The molecule has 94 valence electrons. The predicted octanol–water partition coefficient (Wildman–Crippen LogP) is 3.11. The van der Waals surface area contributed by atoms with Crippen LogP contribution in [0.4, 0.5) is 0 Å². The summed E-state index contributed by atoms with van der Waals surface area (Å²) in [6, 6.07) is 5.40. The van der Waals surface area contributed by atoms with Gasteiger partial charge in [0, 0.05) is 15.4 Å². The first-order chi connectivity index (χ1) is 8.41. The molecule has 1 aromatic carbocycles. The molecule has 1 aromatic heterocycles. The highest BCUT2D eigenvalue weighted by Gasteiger charge is 2.20. The number of nitrogens with one attached hydrogen (secondary N) is 1. The van der Waals surface area contributed by atoms with Gasteiger partial charge in [0.1, 0.15) is 5.56 Å². The number of hydrogen-bond acceptors (Lipinski definition) is 2. The lowest BCUT2D eigenvalue weighted by atomic mass is 9.94. The molecule has 0 radical (unpaired) electrons. The van der Waals surface area contributed by atoms with Crippen LogP contribution < -0.4 is 5.56 Å². The molecule has 0 aliphatic carbocycles. The van der Waals surface area contributed by atoms with Crippen LogP contribution in [0, 0.1) is 0 Å². The van der Waals surface area contributed by atoms with Crippen LogP contribution in [0.3, 0.4) is 0 Å². The summed E-state index contributed by atoms with van der Waals surface area (Å²) in [5, 5.41) is 9.95. The van der Waals surface area contributed by atoms with E-state index in [0.29, 0.717) is 11.1 Å². The predicted molar refractivity (Wildman–Crippen MR) is 73.3 cm³/mol. The lowest BCUT2D eigenvalue weighted by Gasteiger charge is -2.13. The Labute approximate surface area is 112 Å². The molecule has 0 aliphatic rings. The molecule has 0 unspecified atom stereocenters. The maximum Gasteiger partial charge on any atom is 0.341 e. The fourth-order valence-electron chi connectivity index (χ4n) is 2.10. The maximum atomic E-state index is 11.8. The molecular formula is C13H12BrNO3. The third-order valence-electron chi connectivity index (χ3n) is 2.81. The van der Waals surface area contributed by atoms with E-state index in [9.17, 15) is 14.7 Å². The Morgan fingerprint density at radius 2 is 2.06 bits per heavy atom. The van der Waals surface area contributed by atoms with Crippen LogP contribution in [0.25, 0.3) is 10.9 Å². The van der Waals surface area contributed by atoms with Gasteiger partial charge in [0.2, 0.25) is 0 Å². The molecular weight excluding hydrogens is 298 g/mol. The van der Waals surface area contributed by atoms with Crippen LogP contribution in [0.2, 0.25) is 0 Å². The number of carboxylic acid groups (broad SMARTS) is 1. The molecule has 0 amide bonds. The second-order valence-corrected chi connectivity index (χ2v) is 5.31. The molecule has 0 atom stereocenters. The summed E-state index contributed by atoms with van der Waals surface area (Å²) >= 11 is 3.36. The van der Waals surface area contributed by atoms with E-state index in [-0.39, 0.29) is 11.5 Å². The maximum absolute atomic E-state index is 11.8. The largest absolute Gasteiger partial charge is 0.477 e. The molecule has 0 fully saturated rings. The second kappa shape index (κ2) is 4.57. The summed E-state index contributed by atoms with van der Waals surface area (Å²) in [6.45, 7) is 3.75. The van der Waals surface area contributed by atoms with E-state index in [1.54, 1.807) is 6.07 Å². The van der Waals surface area contributed by atoms with E-state index in [4.69, 9.17) is 0 Å². The summed E-state index contributed by atoms with van der Waals surface area (Å²) in [5.74, 6) is -1.24. The average molecular weight is 310 g/mol. The number of fused-ring (bicyclic) bond motifs is 1. The van der Waals surface area contributed by atoms with Gasteiger partial charge in [0.05, 0.1) is 0 Å². The van der Waals surface area contributed by atoms with Gasteiger partial charge in [0.25, 0.3) is 5.56 Å². The van der Waals surface area contributed by atoms with E-state index in [2.05, 4.69) is 20.9 Å².